The standard InChI is InChI=1S/C13H14O3/c1-15-12-5-8-7-3-10(11(14)4-7)9(8)6-13(12)16-2/h5-7,10H,3-4H2,1-2H3. The molecule has 1 saturated carbocycles. The van der Waals surface area contributed by atoms with Crippen LogP contribution in [0.3, 0.4) is 0 Å². The molecular weight excluding hydrogens is 204 g/mol. The van der Waals surface area contributed by atoms with E-state index in [-0.39, 0.29) is 5.92 Å². The summed E-state index contributed by atoms with van der Waals surface area (Å²) in [5.74, 6) is 2.39. The van der Waals surface area contributed by atoms with Gasteiger partial charge in [-0.25, -0.2) is 0 Å². The monoisotopic (exact) mass is 218 g/mol. The van der Waals surface area contributed by atoms with Gasteiger partial charge in [0.15, 0.2) is 11.5 Å². The zero-order valence-corrected chi connectivity index (χ0v) is 9.45. The quantitative estimate of drug-likeness (QED) is 0.763. The molecule has 0 N–H and O–H groups in total. The highest BCUT2D eigenvalue weighted by Crippen LogP contribution is 2.53. The maximum Gasteiger partial charge on any atom is 0.161 e. The van der Waals surface area contributed by atoms with Crippen molar-refractivity contribution >= 4 is 5.78 Å². The van der Waals surface area contributed by atoms with E-state index in [0.29, 0.717) is 18.1 Å². The molecule has 0 radical (unpaired) electrons. The van der Waals surface area contributed by atoms with Crippen LogP contribution in [0, 0.1) is 0 Å². The van der Waals surface area contributed by atoms with Crippen molar-refractivity contribution in [3.63, 3.8) is 0 Å². The molecule has 3 heteroatoms. The van der Waals surface area contributed by atoms with E-state index in [4.69, 9.17) is 9.47 Å². The van der Waals surface area contributed by atoms with Crippen molar-refractivity contribution in [3.05, 3.63) is 23.3 Å². The number of fused-ring (bicyclic) bond motifs is 5. The molecule has 0 aromatic heterocycles. The molecule has 1 fully saturated rings. The highest BCUT2D eigenvalue weighted by Gasteiger charge is 2.43. The van der Waals surface area contributed by atoms with Gasteiger partial charge in [-0.1, -0.05) is 0 Å². The maximum atomic E-state index is 11.7. The summed E-state index contributed by atoms with van der Waals surface area (Å²) >= 11 is 0. The van der Waals surface area contributed by atoms with Crippen LogP contribution in [0.2, 0.25) is 0 Å². The molecule has 0 aliphatic heterocycles. The van der Waals surface area contributed by atoms with Gasteiger partial charge in [-0.15, -0.1) is 0 Å². The summed E-state index contributed by atoms with van der Waals surface area (Å²) in [5.41, 5.74) is 2.43. The van der Waals surface area contributed by atoms with Gasteiger partial charge >= 0.3 is 0 Å². The second kappa shape index (κ2) is 3.24. The number of ether oxygens (including phenoxy) is 2. The summed E-state index contributed by atoms with van der Waals surface area (Å²) in [5, 5.41) is 0. The van der Waals surface area contributed by atoms with Crippen molar-refractivity contribution in [2.24, 2.45) is 0 Å². The SMILES string of the molecule is COc1cc2c(cc1OC)C1CC2CC1=O. The van der Waals surface area contributed by atoms with Crippen LogP contribution in [0.5, 0.6) is 11.5 Å². The smallest absolute Gasteiger partial charge is 0.161 e. The summed E-state index contributed by atoms with van der Waals surface area (Å²) in [6, 6.07) is 4.00. The maximum absolute atomic E-state index is 11.7. The van der Waals surface area contributed by atoms with Gasteiger partial charge in [0.1, 0.15) is 5.78 Å². The molecule has 2 bridgehead atoms. The second-order valence-electron chi connectivity index (χ2n) is 4.49. The van der Waals surface area contributed by atoms with Crippen LogP contribution in [-0.2, 0) is 4.79 Å². The number of hydrogen-bond acceptors (Lipinski definition) is 3. The highest BCUT2D eigenvalue weighted by atomic mass is 16.5. The number of hydrogen-bond donors (Lipinski definition) is 0. The minimum absolute atomic E-state index is 0.111. The van der Waals surface area contributed by atoms with Crippen LogP contribution in [0.4, 0.5) is 0 Å². The first kappa shape index (κ1) is 9.70. The van der Waals surface area contributed by atoms with Crippen LogP contribution >= 0.6 is 0 Å². The zero-order valence-electron chi connectivity index (χ0n) is 9.45. The van der Waals surface area contributed by atoms with E-state index < -0.39 is 0 Å². The first-order valence-corrected chi connectivity index (χ1v) is 5.53. The van der Waals surface area contributed by atoms with Crippen LogP contribution in [0.15, 0.2) is 12.1 Å². The van der Waals surface area contributed by atoms with Gasteiger partial charge < -0.3 is 9.47 Å². The van der Waals surface area contributed by atoms with E-state index in [1.54, 1.807) is 14.2 Å². The molecule has 2 aliphatic rings. The third kappa shape index (κ3) is 1.11. The van der Waals surface area contributed by atoms with E-state index in [1.807, 2.05) is 12.1 Å². The van der Waals surface area contributed by atoms with Gasteiger partial charge in [-0.3, -0.25) is 4.79 Å². The lowest BCUT2D eigenvalue weighted by Gasteiger charge is -2.17. The summed E-state index contributed by atoms with van der Waals surface area (Å²) in [7, 11) is 3.27. The molecule has 3 nitrogen and oxygen atoms in total. The molecule has 3 rings (SSSR count). The van der Waals surface area contributed by atoms with Gasteiger partial charge in [0.2, 0.25) is 0 Å². The molecule has 0 amide bonds. The van der Waals surface area contributed by atoms with Gasteiger partial charge in [0.25, 0.3) is 0 Å². The average Bonchev–Trinajstić information content (AvgIpc) is 2.84. The molecule has 2 atom stereocenters. The molecule has 0 heterocycles. The van der Waals surface area contributed by atoms with Crippen LogP contribution in [0.25, 0.3) is 0 Å². The minimum atomic E-state index is 0.111. The van der Waals surface area contributed by atoms with Crippen molar-refractivity contribution in [2.45, 2.75) is 24.7 Å². The topological polar surface area (TPSA) is 35.5 Å². The van der Waals surface area contributed by atoms with E-state index in [1.165, 1.54) is 5.56 Å². The summed E-state index contributed by atoms with van der Waals surface area (Å²) in [6.45, 7) is 0. The Labute approximate surface area is 94.4 Å². The number of rotatable bonds is 2. The number of methoxy groups -OCH3 is 2. The molecule has 84 valence electrons. The Bertz CT molecular complexity index is 464. The summed E-state index contributed by atoms with van der Waals surface area (Å²) < 4.78 is 10.6. The Balaban J connectivity index is 2.15. The zero-order chi connectivity index (χ0) is 11.3. The predicted octanol–water partition coefficient (Wildman–Crippen LogP) is 2.25. The van der Waals surface area contributed by atoms with Crippen molar-refractivity contribution in [3.8, 4) is 11.5 Å². The Kier molecular flexibility index (Phi) is 1.96. The highest BCUT2D eigenvalue weighted by molar-refractivity contribution is 5.92. The minimum Gasteiger partial charge on any atom is -0.493 e. The van der Waals surface area contributed by atoms with Gasteiger partial charge in [0, 0.05) is 12.3 Å². The van der Waals surface area contributed by atoms with Gasteiger partial charge in [0.05, 0.1) is 14.2 Å². The fourth-order valence-corrected chi connectivity index (χ4v) is 2.99. The van der Waals surface area contributed by atoms with Gasteiger partial charge in [-0.05, 0) is 35.6 Å². The summed E-state index contributed by atoms with van der Waals surface area (Å²) in [4.78, 5) is 11.7. The van der Waals surface area contributed by atoms with E-state index >= 15 is 0 Å². The molecule has 1 aromatic carbocycles. The van der Waals surface area contributed by atoms with Crippen LogP contribution in [-0.4, -0.2) is 20.0 Å². The lowest BCUT2D eigenvalue weighted by Crippen LogP contribution is -2.09. The molecule has 0 saturated heterocycles. The van der Waals surface area contributed by atoms with Crippen LogP contribution in [0.1, 0.15) is 35.8 Å². The first-order chi connectivity index (χ1) is 7.74. The van der Waals surface area contributed by atoms with Crippen molar-refractivity contribution < 1.29 is 14.3 Å². The molecule has 2 aliphatic carbocycles. The average molecular weight is 218 g/mol. The van der Waals surface area contributed by atoms with E-state index in [0.717, 1.165) is 23.5 Å². The Hall–Kier alpha value is -1.51. The second-order valence-corrected chi connectivity index (χ2v) is 4.49. The molecule has 0 spiro atoms. The molecular formula is C13H14O3. The lowest BCUT2D eigenvalue weighted by molar-refractivity contribution is -0.118. The third-order valence-corrected chi connectivity index (χ3v) is 3.76. The first-order valence-electron chi connectivity index (χ1n) is 5.53. The normalized spacial score (nSPS) is 25.8. The number of Topliss-reactive ketones (excluding diaryl/α,β-unsaturated/α-hetero) is 1. The lowest BCUT2D eigenvalue weighted by atomic mass is 9.90. The fraction of sp³-hybridized carbons (Fsp3) is 0.462. The number of benzene rings is 1. The Morgan fingerprint density at radius 1 is 1.12 bits per heavy atom. The van der Waals surface area contributed by atoms with E-state index in [9.17, 15) is 4.79 Å². The number of carbonyl (C=O) groups excluding carboxylic acids is 1. The van der Waals surface area contributed by atoms with E-state index in [2.05, 4.69) is 0 Å². The van der Waals surface area contributed by atoms with Crippen molar-refractivity contribution in [1.82, 2.24) is 0 Å². The fourth-order valence-electron chi connectivity index (χ4n) is 2.99. The largest absolute Gasteiger partial charge is 0.493 e. The molecule has 2 unspecified atom stereocenters. The van der Waals surface area contributed by atoms with Crippen molar-refractivity contribution in [2.75, 3.05) is 14.2 Å². The van der Waals surface area contributed by atoms with Gasteiger partial charge in [-0.2, -0.15) is 0 Å². The summed E-state index contributed by atoms with van der Waals surface area (Å²) in [6.07, 6.45) is 1.68. The molecule has 16 heavy (non-hydrogen) atoms. The van der Waals surface area contributed by atoms with Crippen LogP contribution < -0.4 is 9.47 Å². The molecule has 1 aromatic rings. The predicted molar refractivity (Wildman–Crippen MR) is 59.3 cm³/mol. The number of carbonyl (C=O) groups is 1. The third-order valence-electron chi connectivity index (χ3n) is 3.76. The Morgan fingerprint density at radius 3 is 2.38 bits per heavy atom. The Morgan fingerprint density at radius 2 is 1.75 bits per heavy atom. The van der Waals surface area contributed by atoms with Crippen molar-refractivity contribution in [1.29, 1.82) is 0 Å². The number of ketones is 1.